The first kappa shape index (κ1) is 13.3. The molecule has 90 valence electrons. The summed E-state index contributed by atoms with van der Waals surface area (Å²) in [6.45, 7) is 12.7. The van der Waals surface area contributed by atoms with Crippen LogP contribution in [0.5, 0.6) is 0 Å². The van der Waals surface area contributed by atoms with E-state index in [4.69, 9.17) is 11.6 Å². The lowest BCUT2D eigenvalue weighted by atomic mass is 10.3. The van der Waals surface area contributed by atoms with Gasteiger partial charge in [-0.1, -0.05) is 25.1 Å². The Bertz CT molecular complexity index is 369. The molecule has 0 aliphatic heterocycles. The molecule has 0 fully saturated rings. The maximum atomic E-state index is 6.08. The molecule has 0 spiro atoms. The van der Waals surface area contributed by atoms with E-state index in [9.17, 15) is 0 Å². The molecule has 0 saturated heterocycles. The first-order valence-electron chi connectivity index (χ1n) is 5.63. The molecule has 0 saturated carbocycles. The van der Waals surface area contributed by atoms with Crippen LogP contribution in [-0.2, 0) is 6.54 Å². The van der Waals surface area contributed by atoms with E-state index in [1.165, 1.54) is 0 Å². The van der Waals surface area contributed by atoms with Gasteiger partial charge in [0.25, 0.3) is 0 Å². The maximum absolute atomic E-state index is 6.08. The third-order valence-electron chi connectivity index (χ3n) is 2.47. The van der Waals surface area contributed by atoms with Crippen LogP contribution in [0.25, 0.3) is 0 Å². The van der Waals surface area contributed by atoms with Gasteiger partial charge >= 0.3 is 0 Å². The molecule has 16 heavy (non-hydrogen) atoms. The maximum Gasteiger partial charge on any atom is 0.0844 e. The van der Waals surface area contributed by atoms with Crippen molar-refractivity contribution in [2.75, 3.05) is 13.1 Å². The average Bonchev–Trinajstić information content (AvgIpc) is 2.47. The lowest BCUT2D eigenvalue weighted by Gasteiger charge is -2.08. The van der Waals surface area contributed by atoms with Crippen LogP contribution in [0.1, 0.15) is 24.7 Å². The number of halogens is 1. The highest BCUT2D eigenvalue weighted by Gasteiger charge is 2.09. The van der Waals surface area contributed by atoms with Crippen LogP contribution in [-0.4, -0.2) is 22.9 Å². The predicted octanol–water partition coefficient (Wildman–Crippen LogP) is 2.71. The molecule has 0 aliphatic carbocycles. The summed E-state index contributed by atoms with van der Waals surface area (Å²) in [6.07, 6.45) is 1.14. The van der Waals surface area contributed by atoms with Gasteiger partial charge in [0.15, 0.2) is 0 Å². The molecule has 0 atom stereocenters. The second kappa shape index (κ2) is 6.06. The average molecular weight is 242 g/mol. The van der Waals surface area contributed by atoms with Gasteiger partial charge in [0.05, 0.1) is 23.0 Å². The van der Waals surface area contributed by atoms with Gasteiger partial charge in [-0.15, -0.1) is 0 Å². The lowest BCUT2D eigenvalue weighted by molar-refractivity contribution is 0.617. The Morgan fingerprint density at radius 2 is 2.19 bits per heavy atom. The topological polar surface area (TPSA) is 29.9 Å². The summed E-state index contributed by atoms with van der Waals surface area (Å²) in [5.74, 6) is 0. The van der Waals surface area contributed by atoms with Crippen molar-refractivity contribution in [3.63, 3.8) is 0 Å². The quantitative estimate of drug-likeness (QED) is 0.613. The molecular formula is C12H20ClN3. The molecule has 0 radical (unpaired) electrons. The van der Waals surface area contributed by atoms with E-state index in [2.05, 4.69) is 23.9 Å². The summed E-state index contributed by atoms with van der Waals surface area (Å²) >= 11 is 6.08. The fourth-order valence-electron chi connectivity index (χ4n) is 1.54. The number of nitrogens with one attached hydrogen (secondary N) is 1. The molecule has 4 heteroatoms. The SMILES string of the molecule is C=C(CNCCC)Cn1nc(C)c(Cl)c1C. The Labute approximate surface area is 102 Å². The van der Waals surface area contributed by atoms with Gasteiger partial charge < -0.3 is 5.32 Å². The first-order chi connectivity index (χ1) is 7.56. The Balaban J connectivity index is 2.53. The van der Waals surface area contributed by atoms with Gasteiger partial charge in [-0.3, -0.25) is 4.68 Å². The predicted molar refractivity (Wildman–Crippen MR) is 69.0 cm³/mol. The van der Waals surface area contributed by atoms with Crippen molar-refractivity contribution in [1.82, 2.24) is 15.1 Å². The van der Waals surface area contributed by atoms with E-state index < -0.39 is 0 Å². The van der Waals surface area contributed by atoms with Crippen molar-refractivity contribution < 1.29 is 0 Å². The minimum Gasteiger partial charge on any atom is -0.313 e. The van der Waals surface area contributed by atoms with E-state index in [1.807, 2.05) is 18.5 Å². The van der Waals surface area contributed by atoms with Crippen molar-refractivity contribution in [2.24, 2.45) is 0 Å². The number of aromatic nitrogens is 2. The minimum absolute atomic E-state index is 0.732. The fourth-order valence-corrected chi connectivity index (χ4v) is 1.67. The minimum atomic E-state index is 0.732. The Morgan fingerprint density at radius 1 is 1.50 bits per heavy atom. The molecule has 0 aromatic carbocycles. The zero-order valence-electron chi connectivity index (χ0n) is 10.3. The summed E-state index contributed by atoms with van der Waals surface area (Å²) in [5.41, 5.74) is 3.01. The molecular weight excluding hydrogens is 222 g/mol. The van der Waals surface area contributed by atoms with Gasteiger partial charge in [0, 0.05) is 6.54 Å². The van der Waals surface area contributed by atoms with Crippen LogP contribution in [0.15, 0.2) is 12.2 Å². The fraction of sp³-hybridized carbons (Fsp3) is 0.583. The van der Waals surface area contributed by atoms with Crippen LogP contribution in [0.4, 0.5) is 0 Å². The number of hydrogen-bond acceptors (Lipinski definition) is 2. The van der Waals surface area contributed by atoms with Crippen molar-refractivity contribution in [3.05, 3.63) is 28.6 Å². The molecule has 3 nitrogen and oxygen atoms in total. The number of nitrogens with zero attached hydrogens (tertiary/aromatic N) is 2. The molecule has 0 amide bonds. The summed E-state index contributed by atoms with van der Waals surface area (Å²) in [6, 6.07) is 0. The lowest BCUT2D eigenvalue weighted by Crippen LogP contribution is -2.20. The van der Waals surface area contributed by atoms with E-state index in [0.717, 1.165) is 48.0 Å². The van der Waals surface area contributed by atoms with Gasteiger partial charge in [-0.25, -0.2) is 0 Å². The number of hydrogen-bond donors (Lipinski definition) is 1. The van der Waals surface area contributed by atoms with Gasteiger partial charge in [-0.05, 0) is 32.4 Å². The monoisotopic (exact) mass is 241 g/mol. The molecule has 1 heterocycles. The molecule has 0 bridgehead atoms. The molecule has 1 rings (SSSR count). The van der Waals surface area contributed by atoms with Crippen LogP contribution in [0, 0.1) is 13.8 Å². The normalized spacial score (nSPS) is 10.8. The number of aryl methyl sites for hydroxylation is 1. The van der Waals surface area contributed by atoms with Crippen molar-refractivity contribution in [3.8, 4) is 0 Å². The van der Waals surface area contributed by atoms with E-state index in [1.54, 1.807) is 0 Å². The van der Waals surface area contributed by atoms with Crippen molar-refractivity contribution in [2.45, 2.75) is 33.7 Å². The number of rotatable bonds is 6. The highest BCUT2D eigenvalue weighted by atomic mass is 35.5. The van der Waals surface area contributed by atoms with Gasteiger partial charge in [0.2, 0.25) is 0 Å². The van der Waals surface area contributed by atoms with Crippen LogP contribution < -0.4 is 5.32 Å². The smallest absolute Gasteiger partial charge is 0.0844 e. The third-order valence-corrected chi connectivity index (χ3v) is 3.02. The third kappa shape index (κ3) is 3.35. The standard InChI is InChI=1S/C12H20ClN3/c1-5-6-14-7-9(2)8-16-11(4)12(13)10(3)15-16/h14H,2,5-8H2,1,3-4H3. The van der Waals surface area contributed by atoms with E-state index >= 15 is 0 Å². The molecule has 1 N–H and O–H groups in total. The Hall–Kier alpha value is -0.800. The molecule has 1 aromatic heterocycles. The Kier molecular flexibility index (Phi) is 5.03. The largest absolute Gasteiger partial charge is 0.313 e. The summed E-state index contributed by atoms with van der Waals surface area (Å²) < 4.78 is 1.91. The highest BCUT2D eigenvalue weighted by Crippen LogP contribution is 2.19. The summed E-state index contributed by atoms with van der Waals surface area (Å²) in [4.78, 5) is 0. The van der Waals surface area contributed by atoms with Crippen molar-refractivity contribution >= 4 is 11.6 Å². The van der Waals surface area contributed by atoms with Gasteiger partial charge in [-0.2, -0.15) is 5.10 Å². The van der Waals surface area contributed by atoms with Crippen LogP contribution >= 0.6 is 11.6 Å². The van der Waals surface area contributed by atoms with Crippen LogP contribution in [0.2, 0.25) is 5.02 Å². The molecule has 0 unspecified atom stereocenters. The second-order valence-corrected chi connectivity index (χ2v) is 4.45. The molecule has 0 aliphatic rings. The summed E-state index contributed by atoms with van der Waals surface area (Å²) in [5, 5.41) is 8.46. The van der Waals surface area contributed by atoms with Gasteiger partial charge in [0.1, 0.15) is 0 Å². The van der Waals surface area contributed by atoms with Crippen molar-refractivity contribution in [1.29, 1.82) is 0 Å². The van der Waals surface area contributed by atoms with E-state index in [0.29, 0.717) is 0 Å². The second-order valence-electron chi connectivity index (χ2n) is 4.07. The first-order valence-corrected chi connectivity index (χ1v) is 6.01. The summed E-state index contributed by atoms with van der Waals surface area (Å²) in [7, 11) is 0. The Morgan fingerprint density at radius 3 is 2.69 bits per heavy atom. The highest BCUT2D eigenvalue weighted by molar-refractivity contribution is 6.31. The van der Waals surface area contributed by atoms with E-state index in [-0.39, 0.29) is 0 Å². The van der Waals surface area contributed by atoms with Crippen LogP contribution in [0.3, 0.4) is 0 Å². The zero-order chi connectivity index (χ0) is 12.1. The molecule has 1 aromatic rings. The zero-order valence-corrected chi connectivity index (χ0v) is 11.1.